The minimum atomic E-state index is -0.379. The first-order valence-electron chi connectivity index (χ1n) is 4.93. The first-order valence-corrected chi connectivity index (χ1v) is 7.62. The summed E-state index contributed by atoms with van der Waals surface area (Å²) in [6.45, 7) is 0. The van der Waals surface area contributed by atoms with Crippen molar-refractivity contribution in [3.05, 3.63) is 60.6 Å². The number of nitrogens with zero attached hydrogens (tertiary/aromatic N) is 1. The van der Waals surface area contributed by atoms with Crippen LogP contribution in [0.1, 0.15) is 0 Å². The first-order chi connectivity index (χ1) is 8.56. The van der Waals surface area contributed by atoms with Crippen LogP contribution in [0.25, 0.3) is 0 Å². The van der Waals surface area contributed by atoms with Gasteiger partial charge in [0.15, 0.2) is 0 Å². The predicted molar refractivity (Wildman–Crippen MR) is 84.1 cm³/mol. The average Bonchev–Trinajstić information content (AvgIpc) is 2.34. The van der Waals surface area contributed by atoms with Crippen molar-refractivity contribution >= 4 is 56.0 Å². The van der Waals surface area contributed by atoms with Gasteiger partial charge >= 0.3 is 0 Å². The van der Waals surface area contributed by atoms with E-state index in [0.717, 1.165) is 17.8 Å². The lowest BCUT2D eigenvalue weighted by molar-refractivity contribution is -0.385. The molecule has 0 N–H and O–H groups in total. The van der Waals surface area contributed by atoms with Crippen LogP contribution in [0.15, 0.2) is 56.7 Å². The summed E-state index contributed by atoms with van der Waals surface area (Å²) >= 11 is 7.10. The number of halogens is 2. The summed E-state index contributed by atoms with van der Waals surface area (Å²) in [4.78, 5) is 12.4. The van der Waals surface area contributed by atoms with Crippen LogP contribution >= 0.6 is 50.3 Å². The van der Waals surface area contributed by atoms with Gasteiger partial charge in [-0.2, -0.15) is 0 Å². The van der Waals surface area contributed by atoms with E-state index in [4.69, 9.17) is 0 Å². The molecule has 2 aromatic rings. The summed E-state index contributed by atoms with van der Waals surface area (Å²) in [7, 11) is 0. The van der Waals surface area contributed by atoms with Gasteiger partial charge in [-0.15, -0.1) is 0 Å². The fourth-order valence-electron chi connectivity index (χ4n) is 1.32. The van der Waals surface area contributed by atoms with E-state index < -0.39 is 0 Å². The van der Waals surface area contributed by atoms with Gasteiger partial charge in [0.1, 0.15) is 0 Å². The molecule has 0 saturated heterocycles. The largest absolute Gasteiger partial charge is 0.270 e. The van der Waals surface area contributed by atoms with Gasteiger partial charge in [0, 0.05) is 30.0 Å². The molecule has 0 saturated carbocycles. The monoisotopic (exact) mass is 435 g/mol. The minimum Gasteiger partial charge on any atom is -0.258 e. The average molecular weight is 436 g/mol. The zero-order chi connectivity index (χ0) is 13.1. The lowest BCUT2D eigenvalue weighted by atomic mass is 10.3. The van der Waals surface area contributed by atoms with Crippen molar-refractivity contribution in [2.24, 2.45) is 0 Å². The van der Waals surface area contributed by atoms with Crippen molar-refractivity contribution in [3.8, 4) is 0 Å². The summed E-state index contributed by atoms with van der Waals surface area (Å²) in [6.07, 6.45) is 0. The van der Waals surface area contributed by atoms with Crippen LogP contribution in [0.3, 0.4) is 0 Å². The Kier molecular flexibility index (Phi) is 4.63. The Morgan fingerprint density at radius 1 is 1.17 bits per heavy atom. The Hall–Kier alpha value is -0.600. The molecule has 0 unspecified atom stereocenters. The van der Waals surface area contributed by atoms with Gasteiger partial charge in [0.05, 0.1) is 4.92 Å². The summed E-state index contributed by atoms with van der Waals surface area (Å²) in [6, 6.07) is 12.9. The highest BCUT2D eigenvalue weighted by Gasteiger charge is 2.09. The highest BCUT2D eigenvalue weighted by Crippen LogP contribution is 2.33. The quantitative estimate of drug-likeness (QED) is 0.382. The molecule has 0 amide bonds. The van der Waals surface area contributed by atoms with Crippen molar-refractivity contribution in [2.75, 3.05) is 0 Å². The van der Waals surface area contributed by atoms with E-state index in [1.54, 1.807) is 23.9 Å². The van der Waals surface area contributed by atoms with E-state index in [9.17, 15) is 10.1 Å². The molecule has 0 fully saturated rings. The topological polar surface area (TPSA) is 43.1 Å². The van der Waals surface area contributed by atoms with Crippen LogP contribution < -0.4 is 0 Å². The molecule has 0 heterocycles. The van der Waals surface area contributed by atoms with Gasteiger partial charge in [0.25, 0.3) is 5.69 Å². The minimum absolute atomic E-state index is 0.125. The Balaban J connectivity index is 2.24. The normalized spacial score (nSPS) is 10.3. The van der Waals surface area contributed by atoms with Crippen molar-refractivity contribution < 1.29 is 4.92 Å². The number of nitro benzene ring substituents is 1. The molecule has 0 atom stereocenters. The second-order valence-electron chi connectivity index (χ2n) is 3.43. The Morgan fingerprint density at radius 2 is 1.83 bits per heavy atom. The van der Waals surface area contributed by atoms with E-state index in [0.29, 0.717) is 0 Å². The number of benzene rings is 2. The van der Waals surface area contributed by atoms with Crippen molar-refractivity contribution in [2.45, 2.75) is 9.79 Å². The maximum Gasteiger partial charge on any atom is 0.270 e. The van der Waals surface area contributed by atoms with Crippen LogP contribution in [-0.2, 0) is 0 Å². The molecule has 3 nitrogen and oxygen atoms in total. The van der Waals surface area contributed by atoms with Crippen LogP contribution in [0.5, 0.6) is 0 Å². The molecule has 92 valence electrons. The van der Waals surface area contributed by atoms with Crippen molar-refractivity contribution in [1.29, 1.82) is 0 Å². The third kappa shape index (κ3) is 3.46. The molecule has 0 aliphatic carbocycles. The highest BCUT2D eigenvalue weighted by atomic mass is 127. The summed E-state index contributed by atoms with van der Waals surface area (Å²) in [5.41, 5.74) is 0.125. The molecule has 2 rings (SSSR count). The van der Waals surface area contributed by atoms with E-state index in [1.807, 2.05) is 24.3 Å². The lowest BCUT2D eigenvalue weighted by Crippen LogP contribution is -1.89. The number of hydrogen-bond donors (Lipinski definition) is 0. The van der Waals surface area contributed by atoms with Gasteiger partial charge in [-0.1, -0.05) is 27.7 Å². The zero-order valence-corrected chi connectivity index (χ0v) is 13.5. The van der Waals surface area contributed by atoms with E-state index in [-0.39, 0.29) is 10.6 Å². The standard InChI is InChI=1S/C12H7BrINO2S/c13-8-1-4-10(5-2-8)18-12-6-3-9(15(16)17)7-11(12)14/h1-7H. The number of hydrogen-bond acceptors (Lipinski definition) is 3. The molecule has 18 heavy (non-hydrogen) atoms. The summed E-state index contributed by atoms with van der Waals surface area (Å²) < 4.78 is 1.92. The van der Waals surface area contributed by atoms with E-state index in [2.05, 4.69) is 38.5 Å². The number of non-ortho nitro benzene ring substituents is 1. The Bertz CT molecular complexity index is 589. The van der Waals surface area contributed by atoms with E-state index >= 15 is 0 Å². The zero-order valence-electron chi connectivity index (χ0n) is 8.97. The number of rotatable bonds is 3. The Labute approximate surface area is 130 Å². The van der Waals surface area contributed by atoms with Gasteiger partial charge in [-0.25, -0.2) is 0 Å². The molecule has 0 radical (unpaired) electrons. The Morgan fingerprint density at radius 3 is 2.39 bits per heavy atom. The molecular weight excluding hydrogens is 429 g/mol. The maximum atomic E-state index is 10.7. The smallest absolute Gasteiger partial charge is 0.258 e. The second kappa shape index (κ2) is 6.03. The second-order valence-corrected chi connectivity index (χ2v) is 6.62. The van der Waals surface area contributed by atoms with Gasteiger partial charge < -0.3 is 0 Å². The van der Waals surface area contributed by atoms with Gasteiger partial charge in [0.2, 0.25) is 0 Å². The molecule has 0 aromatic heterocycles. The van der Waals surface area contributed by atoms with Crippen molar-refractivity contribution in [3.63, 3.8) is 0 Å². The molecule has 0 aliphatic heterocycles. The van der Waals surface area contributed by atoms with Crippen LogP contribution in [0, 0.1) is 13.7 Å². The van der Waals surface area contributed by atoms with Gasteiger partial charge in [-0.3, -0.25) is 10.1 Å². The number of nitro groups is 1. The predicted octanol–water partition coefficient (Wildman–Crippen LogP) is 5.11. The van der Waals surface area contributed by atoms with Crippen LogP contribution in [0.4, 0.5) is 5.69 Å². The summed E-state index contributed by atoms with van der Waals surface area (Å²) in [5, 5.41) is 10.7. The fourth-order valence-corrected chi connectivity index (χ4v) is 3.23. The van der Waals surface area contributed by atoms with Gasteiger partial charge in [-0.05, 0) is 52.9 Å². The van der Waals surface area contributed by atoms with Crippen LogP contribution in [0.2, 0.25) is 0 Å². The molecule has 6 heteroatoms. The maximum absolute atomic E-state index is 10.7. The summed E-state index contributed by atoms with van der Waals surface area (Å²) in [5.74, 6) is 0. The molecule has 2 aromatic carbocycles. The first kappa shape index (κ1) is 13.8. The molecule has 0 bridgehead atoms. The molecule has 0 aliphatic rings. The molecular formula is C12H7BrINO2S. The third-order valence-electron chi connectivity index (χ3n) is 2.17. The highest BCUT2D eigenvalue weighted by molar-refractivity contribution is 14.1. The lowest BCUT2D eigenvalue weighted by Gasteiger charge is -2.04. The van der Waals surface area contributed by atoms with E-state index in [1.165, 1.54) is 6.07 Å². The van der Waals surface area contributed by atoms with Crippen LogP contribution in [-0.4, -0.2) is 4.92 Å². The van der Waals surface area contributed by atoms with Crippen molar-refractivity contribution in [1.82, 2.24) is 0 Å². The fraction of sp³-hybridized carbons (Fsp3) is 0. The third-order valence-corrected chi connectivity index (χ3v) is 5.04. The molecule has 0 spiro atoms. The SMILES string of the molecule is O=[N+]([O-])c1ccc(Sc2ccc(Br)cc2)c(I)c1.